The molecule has 2 rings (SSSR count). The summed E-state index contributed by atoms with van der Waals surface area (Å²) in [6, 6.07) is 16.9. The molecule has 0 aliphatic carbocycles. The van der Waals surface area contributed by atoms with Crippen molar-refractivity contribution in [1.82, 2.24) is 10.6 Å². The SMILES string of the molecule is CCCCOC(=O)[C@H](Cc1ccccc1)NC(=O)OCCC#CC#CCCOC(=O)N[C@@H](Cc1ccccc1)C(=O)OCCCC. The molecule has 2 atom stereocenters. The Labute approximate surface area is 271 Å². The van der Waals surface area contributed by atoms with Gasteiger partial charge < -0.3 is 29.6 Å². The van der Waals surface area contributed by atoms with E-state index in [-0.39, 0.29) is 52.1 Å². The molecule has 0 heterocycles. The number of benzene rings is 2. The molecule has 0 saturated carbocycles. The number of alkyl carbamates (subject to hydrolysis) is 2. The zero-order valence-corrected chi connectivity index (χ0v) is 26.7. The number of amides is 2. The third kappa shape index (κ3) is 16.8. The Morgan fingerprint density at radius 3 is 1.35 bits per heavy atom. The van der Waals surface area contributed by atoms with Crippen molar-refractivity contribution in [3.8, 4) is 23.7 Å². The number of carbonyl (C=O) groups excluding carboxylic acids is 4. The van der Waals surface area contributed by atoms with Crippen LogP contribution in [-0.2, 0) is 41.4 Å². The van der Waals surface area contributed by atoms with Gasteiger partial charge in [0.25, 0.3) is 0 Å². The Kier molecular flexibility index (Phi) is 19.0. The largest absolute Gasteiger partial charge is 0.464 e. The monoisotopic (exact) mass is 632 g/mol. The van der Waals surface area contributed by atoms with Gasteiger partial charge in [0.2, 0.25) is 0 Å². The lowest BCUT2D eigenvalue weighted by Gasteiger charge is -2.17. The van der Waals surface area contributed by atoms with Gasteiger partial charge in [0.05, 0.1) is 13.2 Å². The van der Waals surface area contributed by atoms with Crippen LogP contribution >= 0.6 is 0 Å². The molecule has 0 spiro atoms. The van der Waals surface area contributed by atoms with Crippen molar-refractivity contribution in [2.24, 2.45) is 0 Å². The molecule has 0 aliphatic rings. The first-order chi connectivity index (χ1) is 22.4. The summed E-state index contributed by atoms with van der Waals surface area (Å²) in [4.78, 5) is 49.7. The molecule has 0 aliphatic heterocycles. The second kappa shape index (κ2) is 23.4. The second-order valence-corrected chi connectivity index (χ2v) is 10.2. The Hall–Kier alpha value is -4.96. The van der Waals surface area contributed by atoms with E-state index in [1.807, 2.05) is 74.5 Å². The van der Waals surface area contributed by atoms with Gasteiger partial charge in [-0.15, -0.1) is 0 Å². The van der Waals surface area contributed by atoms with Crippen LogP contribution in [0.4, 0.5) is 9.59 Å². The molecule has 0 saturated heterocycles. The summed E-state index contributed by atoms with van der Waals surface area (Å²) in [5.74, 6) is 9.84. The van der Waals surface area contributed by atoms with E-state index in [1.165, 1.54) is 0 Å². The number of nitrogens with one attached hydrogen (secondary N) is 2. The highest BCUT2D eigenvalue weighted by Gasteiger charge is 2.24. The fourth-order valence-electron chi connectivity index (χ4n) is 3.89. The molecule has 0 fully saturated rings. The fourth-order valence-corrected chi connectivity index (χ4v) is 3.89. The number of unbranched alkanes of at least 4 members (excludes halogenated alkanes) is 2. The smallest absolute Gasteiger partial charge is 0.407 e. The van der Waals surface area contributed by atoms with E-state index in [4.69, 9.17) is 18.9 Å². The van der Waals surface area contributed by atoms with E-state index in [9.17, 15) is 19.2 Å². The maximum absolute atomic E-state index is 12.5. The minimum atomic E-state index is -0.873. The maximum Gasteiger partial charge on any atom is 0.407 e. The first-order valence-electron chi connectivity index (χ1n) is 15.7. The summed E-state index contributed by atoms with van der Waals surface area (Å²) in [5.41, 5.74) is 1.76. The molecule has 2 aromatic carbocycles. The minimum absolute atomic E-state index is 0.0117. The van der Waals surface area contributed by atoms with E-state index in [0.717, 1.165) is 36.8 Å². The van der Waals surface area contributed by atoms with Crippen molar-refractivity contribution in [1.29, 1.82) is 0 Å². The van der Waals surface area contributed by atoms with Crippen LogP contribution in [-0.4, -0.2) is 62.6 Å². The Morgan fingerprint density at radius 1 is 0.587 bits per heavy atom. The second-order valence-electron chi connectivity index (χ2n) is 10.2. The van der Waals surface area contributed by atoms with Crippen LogP contribution in [0.15, 0.2) is 60.7 Å². The van der Waals surface area contributed by atoms with Crippen LogP contribution in [0.5, 0.6) is 0 Å². The van der Waals surface area contributed by atoms with Crippen molar-refractivity contribution < 1.29 is 38.1 Å². The highest BCUT2D eigenvalue weighted by molar-refractivity contribution is 5.82. The van der Waals surface area contributed by atoms with Gasteiger partial charge in [0.1, 0.15) is 25.3 Å². The van der Waals surface area contributed by atoms with Crippen LogP contribution in [0, 0.1) is 23.7 Å². The summed E-state index contributed by atoms with van der Waals surface area (Å²) < 4.78 is 20.9. The molecule has 246 valence electrons. The maximum atomic E-state index is 12.5. The van der Waals surface area contributed by atoms with E-state index in [1.54, 1.807) is 0 Å². The van der Waals surface area contributed by atoms with Crippen LogP contribution in [0.3, 0.4) is 0 Å². The first-order valence-corrected chi connectivity index (χ1v) is 15.7. The van der Waals surface area contributed by atoms with Crippen LogP contribution < -0.4 is 10.6 Å². The van der Waals surface area contributed by atoms with Gasteiger partial charge in [-0.3, -0.25) is 0 Å². The summed E-state index contributed by atoms with van der Waals surface area (Å²) >= 11 is 0. The quantitative estimate of drug-likeness (QED) is 0.100. The van der Waals surface area contributed by atoms with Crippen molar-refractivity contribution in [3.63, 3.8) is 0 Å². The first kappa shape index (κ1) is 37.2. The van der Waals surface area contributed by atoms with Gasteiger partial charge in [-0.1, -0.05) is 99.2 Å². The number of carbonyl (C=O) groups is 4. The molecule has 0 aromatic heterocycles. The number of hydrogen-bond donors (Lipinski definition) is 2. The molecule has 2 aromatic rings. The van der Waals surface area contributed by atoms with Crippen molar-refractivity contribution in [2.75, 3.05) is 26.4 Å². The third-order valence-corrected chi connectivity index (χ3v) is 6.36. The average Bonchev–Trinajstić information content (AvgIpc) is 3.06. The van der Waals surface area contributed by atoms with E-state index >= 15 is 0 Å². The minimum Gasteiger partial charge on any atom is -0.464 e. The zero-order chi connectivity index (χ0) is 33.2. The van der Waals surface area contributed by atoms with Gasteiger partial charge in [-0.2, -0.15) is 0 Å². The average molecular weight is 633 g/mol. The molecule has 0 unspecified atom stereocenters. The summed E-state index contributed by atoms with van der Waals surface area (Å²) in [7, 11) is 0. The number of esters is 2. The molecule has 0 bridgehead atoms. The van der Waals surface area contributed by atoms with Gasteiger partial charge in [-0.25, -0.2) is 19.2 Å². The molecule has 10 nitrogen and oxygen atoms in total. The van der Waals surface area contributed by atoms with Gasteiger partial charge in [0.15, 0.2) is 0 Å². The number of hydrogen-bond acceptors (Lipinski definition) is 8. The molecule has 0 radical (unpaired) electrons. The lowest BCUT2D eigenvalue weighted by molar-refractivity contribution is -0.147. The van der Waals surface area contributed by atoms with E-state index < -0.39 is 36.2 Å². The van der Waals surface area contributed by atoms with E-state index in [2.05, 4.69) is 34.3 Å². The molecule has 2 amide bonds. The van der Waals surface area contributed by atoms with E-state index in [0.29, 0.717) is 0 Å². The number of rotatable bonds is 18. The molecule has 2 N–H and O–H groups in total. The van der Waals surface area contributed by atoms with Gasteiger partial charge >= 0.3 is 24.1 Å². The van der Waals surface area contributed by atoms with Gasteiger partial charge in [-0.05, 0) is 35.8 Å². The highest BCUT2D eigenvalue weighted by Crippen LogP contribution is 2.07. The highest BCUT2D eigenvalue weighted by atomic mass is 16.6. The standard InChI is InChI=1S/C36H44N2O8/c1-3-5-23-43-33(39)31(27-29-19-13-11-14-20-29)37-35(41)45-25-17-9-7-8-10-18-26-46-36(42)38-32(34(40)44-24-6-4-2)28-30-21-15-12-16-22-30/h11-16,19-22,31-32H,3-6,17-18,23-28H2,1-2H3,(H,37,41)(H,38,42)/t31-,32-/m0/s1. The van der Waals surface area contributed by atoms with Crippen molar-refractivity contribution in [2.45, 2.75) is 77.3 Å². The summed E-state index contributed by atoms with van der Waals surface area (Å²) in [6.07, 6.45) is 2.81. The fraction of sp³-hybridized carbons (Fsp3) is 0.444. The predicted molar refractivity (Wildman–Crippen MR) is 173 cm³/mol. The lowest BCUT2D eigenvalue weighted by Crippen LogP contribution is -2.43. The predicted octanol–water partition coefficient (Wildman–Crippen LogP) is 5.14. The third-order valence-electron chi connectivity index (χ3n) is 6.36. The molecule has 46 heavy (non-hydrogen) atoms. The zero-order valence-electron chi connectivity index (χ0n) is 26.7. The lowest BCUT2D eigenvalue weighted by atomic mass is 10.1. The molecular weight excluding hydrogens is 588 g/mol. The Bertz CT molecular complexity index is 1220. The Morgan fingerprint density at radius 2 is 0.978 bits per heavy atom. The topological polar surface area (TPSA) is 129 Å². The normalized spacial score (nSPS) is 11.3. The molecule has 10 heteroatoms. The van der Waals surface area contributed by atoms with Crippen molar-refractivity contribution >= 4 is 24.1 Å². The Balaban J connectivity index is 1.71. The molecular formula is C36H44N2O8. The van der Waals surface area contributed by atoms with Crippen LogP contribution in [0.2, 0.25) is 0 Å². The summed E-state index contributed by atoms with van der Waals surface area (Å²) in [5, 5.41) is 5.17. The van der Waals surface area contributed by atoms with Crippen molar-refractivity contribution in [3.05, 3.63) is 71.8 Å². The number of ether oxygens (including phenoxy) is 4. The summed E-state index contributed by atoms with van der Waals surface area (Å²) in [6.45, 7) is 4.59. The van der Waals surface area contributed by atoms with Gasteiger partial charge in [0, 0.05) is 25.7 Å². The van der Waals surface area contributed by atoms with Crippen LogP contribution in [0.1, 0.15) is 63.5 Å². The van der Waals surface area contributed by atoms with Crippen LogP contribution in [0.25, 0.3) is 0 Å².